The molecule has 2 aliphatic heterocycles. The molecule has 0 spiro atoms. The molecule has 2 saturated heterocycles. The summed E-state index contributed by atoms with van der Waals surface area (Å²) in [6.07, 6.45) is 0. The van der Waals surface area contributed by atoms with Crippen molar-refractivity contribution in [3.63, 3.8) is 0 Å². The van der Waals surface area contributed by atoms with Gasteiger partial charge < -0.3 is 19.7 Å². The first kappa shape index (κ1) is 16.5. The molecule has 122 valence electrons. The second kappa shape index (κ2) is 7.39. The fourth-order valence-electron chi connectivity index (χ4n) is 2.41. The quantitative estimate of drug-likeness (QED) is 0.723. The standard InChI is InChI=1S/C12H23N3O5S/c1-11-10-20-8-5-15(11)21(17,18)9-2-13-12(16)14-3-6-19-7-4-14/h11H,2-10H2,1H3,(H,13,16). The van der Waals surface area contributed by atoms with Crippen molar-refractivity contribution in [2.24, 2.45) is 0 Å². The van der Waals surface area contributed by atoms with Crippen LogP contribution in [-0.2, 0) is 19.5 Å². The molecule has 2 aliphatic rings. The van der Waals surface area contributed by atoms with Crippen LogP contribution < -0.4 is 5.32 Å². The topological polar surface area (TPSA) is 88.2 Å². The Balaban J connectivity index is 1.77. The molecule has 8 nitrogen and oxygen atoms in total. The molecule has 2 heterocycles. The molecule has 0 bridgehead atoms. The minimum Gasteiger partial charge on any atom is -0.378 e. The summed E-state index contributed by atoms with van der Waals surface area (Å²) >= 11 is 0. The summed E-state index contributed by atoms with van der Waals surface area (Å²) in [5, 5.41) is 2.66. The Labute approximate surface area is 125 Å². The van der Waals surface area contributed by atoms with Gasteiger partial charge in [0.05, 0.1) is 32.2 Å². The highest BCUT2D eigenvalue weighted by atomic mass is 32.2. The maximum Gasteiger partial charge on any atom is 0.317 e. The zero-order chi connectivity index (χ0) is 15.3. The minimum atomic E-state index is -3.36. The third-order valence-electron chi connectivity index (χ3n) is 3.60. The Morgan fingerprint density at radius 1 is 1.19 bits per heavy atom. The lowest BCUT2D eigenvalue weighted by Crippen LogP contribution is -2.50. The van der Waals surface area contributed by atoms with E-state index in [2.05, 4.69) is 5.32 Å². The molecule has 9 heteroatoms. The van der Waals surface area contributed by atoms with Gasteiger partial charge in [0, 0.05) is 32.2 Å². The van der Waals surface area contributed by atoms with Crippen LogP contribution in [0.25, 0.3) is 0 Å². The average Bonchev–Trinajstić information content (AvgIpc) is 2.48. The van der Waals surface area contributed by atoms with Crippen molar-refractivity contribution in [1.29, 1.82) is 0 Å². The van der Waals surface area contributed by atoms with E-state index in [-0.39, 0.29) is 24.4 Å². The number of sulfonamides is 1. The molecule has 2 amide bonds. The molecule has 0 aromatic carbocycles. The first-order chi connectivity index (χ1) is 10.0. The number of ether oxygens (including phenoxy) is 2. The minimum absolute atomic E-state index is 0.0899. The van der Waals surface area contributed by atoms with Gasteiger partial charge in [-0.3, -0.25) is 0 Å². The predicted molar refractivity (Wildman–Crippen MR) is 76.6 cm³/mol. The summed E-state index contributed by atoms with van der Waals surface area (Å²) in [7, 11) is -3.36. The van der Waals surface area contributed by atoms with Crippen molar-refractivity contribution in [3.8, 4) is 0 Å². The van der Waals surface area contributed by atoms with Crippen molar-refractivity contribution in [3.05, 3.63) is 0 Å². The molecule has 1 unspecified atom stereocenters. The van der Waals surface area contributed by atoms with E-state index in [0.29, 0.717) is 46.1 Å². The highest BCUT2D eigenvalue weighted by Gasteiger charge is 2.29. The molecule has 0 aromatic heterocycles. The van der Waals surface area contributed by atoms with Gasteiger partial charge in [0.1, 0.15) is 0 Å². The van der Waals surface area contributed by atoms with E-state index in [0.717, 1.165) is 0 Å². The molecule has 1 N–H and O–H groups in total. The maximum absolute atomic E-state index is 12.2. The summed E-state index contributed by atoms with van der Waals surface area (Å²) in [5.41, 5.74) is 0. The maximum atomic E-state index is 12.2. The molecule has 0 saturated carbocycles. The van der Waals surface area contributed by atoms with Crippen LogP contribution in [0.5, 0.6) is 0 Å². The van der Waals surface area contributed by atoms with Crippen LogP contribution >= 0.6 is 0 Å². The van der Waals surface area contributed by atoms with Gasteiger partial charge in [0.15, 0.2) is 0 Å². The molecule has 2 rings (SSSR count). The van der Waals surface area contributed by atoms with Crippen LogP contribution in [0.15, 0.2) is 0 Å². The van der Waals surface area contributed by atoms with Gasteiger partial charge in [-0.15, -0.1) is 0 Å². The van der Waals surface area contributed by atoms with Crippen LogP contribution in [0.1, 0.15) is 6.92 Å². The number of urea groups is 1. The largest absolute Gasteiger partial charge is 0.378 e. The van der Waals surface area contributed by atoms with Crippen LogP contribution in [0.4, 0.5) is 4.79 Å². The first-order valence-corrected chi connectivity index (χ1v) is 8.79. The van der Waals surface area contributed by atoms with Crippen LogP contribution in [0.2, 0.25) is 0 Å². The Kier molecular flexibility index (Phi) is 5.80. The number of nitrogens with one attached hydrogen (secondary N) is 1. The SMILES string of the molecule is CC1COCCN1S(=O)(=O)CCNC(=O)N1CCOCC1. The molecular weight excluding hydrogens is 298 g/mol. The van der Waals surface area contributed by atoms with Gasteiger partial charge in [-0.1, -0.05) is 0 Å². The molecular formula is C12H23N3O5S. The predicted octanol–water partition coefficient (Wildman–Crippen LogP) is -0.921. The number of amides is 2. The fraction of sp³-hybridized carbons (Fsp3) is 0.917. The van der Waals surface area contributed by atoms with Gasteiger partial charge in [-0.2, -0.15) is 4.31 Å². The van der Waals surface area contributed by atoms with Crippen molar-refractivity contribution in [2.75, 3.05) is 58.4 Å². The van der Waals surface area contributed by atoms with Crippen molar-refractivity contribution < 1.29 is 22.7 Å². The Hall–Kier alpha value is -0.900. The van der Waals surface area contributed by atoms with Crippen LogP contribution in [-0.4, -0.2) is 88.1 Å². The highest BCUT2D eigenvalue weighted by molar-refractivity contribution is 7.89. The number of rotatable bonds is 4. The van der Waals surface area contributed by atoms with Gasteiger partial charge in [-0.25, -0.2) is 13.2 Å². The van der Waals surface area contributed by atoms with E-state index in [1.165, 1.54) is 4.31 Å². The Bertz CT molecular complexity index is 450. The lowest BCUT2D eigenvalue weighted by atomic mass is 10.3. The Morgan fingerprint density at radius 2 is 1.86 bits per heavy atom. The van der Waals surface area contributed by atoms with E-state index in [1.54, 1.807) is 4.90 Å². The van der Waals surface area contributed by atoms with E-state index in [1.807, 2.05) is 6.92 Å². The normalized spacial score (nSPS) is 24.8. The molecule has 2 fully saturated rings. The lowest BCUT2D eigenvalue weighted by Gasteiger charge is -2.32. The van der Waals surface area contributed by atoms with E-state index in [4.69, 9.17) is 9.47 Å². The van der Waals surface area contributed by atoms with Gasteiger partial charge in [0.25, 0.3) is 0 Å². The second-order valence-electron chi connectivity index (χ2n) is 5.18. The first-order valence-electron chi connectivity index (χ1n) is 7.18. The molecule has 0 radical (unpaired) electrons. The van der Waals surface area contributed by atoms with E-state index >= 15 is 0 Å². The van der Waals surface area contributed by atoms with Crippen molar-refractivity contribution in [1.82, 2.24) is 14.5 Å². The van der Waals surface area contributed by atoms with Crippen molar-refractivity contribution >= 4 is 16.1 Å². The molecule has 0 aromatic rings. The lowest BCUT2D eigenvalue weighted by molar-refractivity contribution is 0.0393. The Morgan fingerprint density at radius 3 is 2.52 bits per heavy atom. The summed E-state index contributed by atoms with van der Waals surface area (Å²) in [6.45, 7) is 5.28. The monoisotopic (exact) mass is 321 g/mol. The number of carbonyl (C=O) groups is 1. The smallest absolute Gasteiger partial charge is 0.317 e. The zero-order valence-electron chi connectivity index (χ0n) is 12.3. The van der Waals surface area contributed by atoms with Crippen molar-refractivity contribution in [2.45, 2.75) is 13.0 Å². The fourth-order valence-corrected chi connectivity index (χ4v) is 3.96. The highest BCUT2D eigenvalue weighted by Crippen LogP contribution is 2.12. The number of morpholine rings is 2. The number of nitrogens with zero attached hydrogens (tertiary/aromatic N) is 2. The second-order valence-corrected chi connectivity index (χ2v) is 7.22. The van der Waals surface area contributed by atoms with E-state index < -0.39 is 10.0 Å². The van der Waals surface area contributed by atoms with E-state index in [9.17, 15) is 13.2 Å². The number of hydrogen-bond acceptors (Lipinski definition) is 5. The third kappa shape index (κ3) is 4.53. The molecule has 0 aliphatic carbocycles. The third-order valence-corrected chi connectivity index (χ3v) is 5.58. The van der Waals surface area contributed by atoms with Crippen LogP contribution in [0.3, 0.4) is 0 Å². The summed E-state index contributed by atoms with van der Waals surface area (Å²) in [4.78, 5) is 13.5. The van der Waals surface area contributed by atoms with Gasteiger partial charge in [-0.05, 0) is 6.92 Å². The summed E-state index contributed by atoms with van der Waals surface area (Å²) < 4.78 is 36.3. The summed E-state index contributed by atoms with van der Waals surface area (Å²) in [5.74, 6) is -0.0899. The average molecular weight is 321 g/mol. The zero-order valence-corrected chi connectivity index (χ0v) is 13.1. The number of hydrogen-bond donors (Lipinski definition) is 1. The molecule has 21 heavy (non-hydrogen) atoms. The number of carbonyl (C=O) groups excluding carboxylic acids is 1. The van der Waals surface area contributed by atoms with Gasteiger partial charge in [0.2, 0.25) is 10.0 Å². The van der Waals surface area contributed by atoms with Crippen LogP contribution in [0, 0.1) is 0 Å². The van der Waals surface area contributed by atoms with Gasteiger partial charge >= 0.3 is 6.03 Å². The molecule has 1 atom stereocenters. The summed E-state index contributed by atoms with van der Waals surface area (Å²) in [6, 6.07) is -0.387.